The van der Waals surface area contributed by atoms with E-state index >= 15 is 0 Å². The molecule has 0 atom stereocenters. The monoisotopic (exact) mass is 436 g/mol. The molecule has 0 fully saturated rings. The number of rotatable bonds is 4. The molecular weight excluding hydrogens is 423 g/mol. The molecule has 0 aliphatic rings. The highest BCUT2D eigenvalue weighted by molar-refractivity contribution is 9.10. The molecule has 3 aromatic rings. The number of hydrogen-bond donors (Lipinski definition) is 2. The average molecular weight is 437 g/mol. The van der Waals surface area contributed by atoms with Crippen LogP contribution in [0.1, 0.15) is 15.9 Å². The molecule has 1 amide bonds. The maximum Gasteiger partial charge on any atom is 0.274 e. The number of nitrogens with one attached hydrogen (secondary N) is 1. The first-order chi connectivity index (χ1) is 12.4. The number of ether oxygens (including phenoxy) is 1. The molecule has 0 saturated heterocycles. The van der Waals surface area contributed by atoms with Gasteiger partial charge in [-0.05, 0) is 40.2 Å². The van der Waals surface area contributed by atoms with E-state index in [4.69, 9.17) is 10.5 Å². The van der Waals surface area contributed by atoms with Gasteiger partial charge >= 0.3 is 0 Å². The summed E-state index contributed by atoms with van der Waals surface area (Å²) in [6.07, 6.45) is 1.43. The molecule has 0 saturated carbocycles. The molecular formula is C17H14BrFN4O2S. The van der Waals surface area contributed by atoms with Gasteiger partial charge in [0.05, 0.1) is 28.6 Å². The Labute approximate surface area is 161 Å². The number of amides is 1. The van der Waals surface area contributed by atoms with Crippen molar-refractivity contribution in [2.45, 2.75) is 0 Å². The van der Waals surface area contributed by atoms with Gasteiger partial charge in [-0.2, -0.15) is 0 Å². The first-order valence-electron chi connectivity index (χ1n) is 7.40. The number of hydrogen-bond acceptors (Lipinski definition) is 6. The zero-order chi connectivity index (χ0) is 18.8. The van der Waals surface area contributed by atoms with Gasteiger partial charge in [-0.25, -0.2) is 9.37 Å². The van der Waals surface area contributed by atoms with E-state index in [-0.39, 0.29) is 11.4 Å². The van der Waals surface area contributed by atoms with Gasteiger partial charge in [0.2, 0.25) is 0 Å². The van der Waals surface area contributed by atoms with Crippen LogP contribution in [0.5, 0.6) is 5.19 Å². The van der Waals surface area contributed by atoms with Crippen molar-refractivity contribution in [3.8, 4) is 5.19 Å². The van der Waals surface area contributed by atoms with Crippen molar-refractivity contribution < 1.29 is 13.9 Å². The molecule has 0 bridgehead atoms. The van der Waals surface area contributed by atoms with E-state index < -0.39 is 11.7 Å². The van der Waals surface area contributed by atoms with Crippen LogP contribution in [0.15, 0.2) is 33.7 Å². The lowest BCUT2D eigenvalue weighted by Crippen LogP contribution is -2.13. The van der Waals surface area contributed by atoms with Gasteiger partial charge < -0.3 is 15.8 Å². The van der Waals surface area contributed by atoms with Crippen LogP contribution in [0.4, 0.5) is 15.8 Å². The summed E-state index contributed by atoms with van der Waals surface area (Å²) in [5, 5.41) is 3.12. The molecule has 0 aliphatic heterocycles. The van der Waals surface area contributed by atoms with Crippen LogP contribution in [0.2, 0.25) is 0 Å². The van der Waals surface area contributed by atoms with Gasteiger partial charge in [0.25, 0.3) is 11.1 Å². The summed E-state index contributed by atoms with van der Waals surface area (Å²) in [6.45, 7) is 0. The zero-order valence-electron chi connectivity index (χ0n) is 13.8. The standard InChI is InChI=1S/C17H14BrFN4O2S/c1-21-7-8-5-9(6-12(19)13(8)20)22-16(24)10-3-4-11(18)15-14(10)23-17(25-2)26-15/h3-7H,20H2,1-2H3,(H,22,24). The Morgan fingerprint density at radius 3 is 2.92 bits per heavy atom. The summed E-state index contributed by atoms with van der Waals surface area (Å²) < 4.78 is 20.8. The molecule has 1 heterocycles. The molecule has 0 radical (unpaired) electrons. The topological polar surface area (TPSA) is 89.6 Å². The summed E-state index contributed by atoms with van der Waals surface area (Å²) >= 11 is 4.76. The van der Waals surface area contributed by atoms with Crippen LogP contribution in [-0.4, -0.2) is 31.3 Å². The third-order valence-corrected chi connectivity index (χ3v) is 5.56. The van der Waals surface area contributed by atoms with Crippen molar-refractivity contribution in [3.63, 3.8) is 0 Å². The first kappa shape index (κ1) is 18.3. The third kappa shape index (κ3) is 3.40. The lowest BCUT2D eigenvalue weighted by molar-refractivity contribution is 0.102. The fourth-order valence-electron chi connectivity index (χ4n) is 2.38. The van der Waals surface area contributed by atoms with Crippen LogP contribution in [0.25, 0.3) is 10.2 Å². The highest BCUT2D eigenvalue weighted by Gasteiger charge is 2.18. The highest BCUT2D eigenvalue weighted by atomic mass is 79.9. The molecule has 1 aromatic heterocycles. The molecule has 9 heteroatoms. The van der Waals surface area contributed by atoms with Gasteiger partial charge in [-0.15, -0.1) is 0 Å². The van der Waals surface area contributed by atoms with Crippen LogP contribution < -0.4 is 15.8 Å². The number of carbonyl (C=O) groups excluding carboxylic acids is 1. The Bertz CT molecular complexity index is 1040. The largest absolute Gasteiger partial charge is 0.473 e. The Balaban J connectivity index is 2.00. The third-order valence-electron chi connectivity index (χ3n) is 3.58. The minimum absolute atomic E-state index is 0.0242. The van der Waals surface area contributed by atoms with Crippen LogP contribution in [0.3, 0.4) is 0 Å². The predicted octanol–water partition coefficient (Wildman–Crippen LogP) is 4.09. The van der Waals surface area contributed by atoms with E-state index in [1.54, 1.807) is 25.2 Å². The number of aromatic nitrogens is 1. The number of fused-ring (bicyclic) bond motifs is 1. The van der Waals surface area contributed by atoms with Crippen LogP contribution >= 0.6 is 27.3 Å². The first-order valence-corrected chi connectivity index (χ1v) is 9.01. The van der Waals surface area contributed by atoms with Gasteiger partial charge in [0.1, 0.15) is 5.82 Å². The number of nitrogen functional groups attached to an aromatic ring is 1. The summed E-state index contributed by atoms with van der Waals surface area (Å²) in [7, 11) is 3.07. The van der Waals surface area contributed by atoms with E-state index in [1.807, 2.05) is 0 Å². The maximum atomic E-state index is 14.0. The normalized spacial score (nSPS) is 11.2. The Morgan fingerprint density at radius 1 is 1.46 bits per heavy atom. The van der Waals surface area contributed by atoms with E-state index in [2.05, 4.69) is 31.2 Å². The maximum absolute atomic E-state index is 14.0. The van der Waals surface area contributed by atoms with E-state index in [1.165, 1.54) is 24.7 Å². The minimum Gasteiger partial charge on any atom is -0.473 e. The number of anilines is 2. The number of carbonyl (C=O) groups is 1. The second-order valence-electron chi connectivity index (χ2n) is 5.26. The van der Waals surface area contributed by atoms with Gasteiger partial charge in [-0.1, -0.05) is 11.3 Å². The minimum atomic E-state index is -0.631. The molecule has 6 nitrogen and oxygen atoms in total. The van der Waals surface area contributed by atoms with Crippen molar-refractivity contribution in [2.24, 2.45) is 4.99 Å². The number of thiazole rings is 1. The number of nitrogens with two attached hydrogens (primary N) is 1. The number of aliphatic imine (C=N–C) groups is 1. The smallest absolute Gasteiger partial charge is 0.274 e. The van der Waals surface area contributed by atoms with Crippen LogP contribution in [-0.2, 0) is 0 Å². The van der Waals surface area contributed by atoms with E-state index in [9.17, 15) is 9.18 Å². The second-order valence-corrected chi connectivity index (χ2v) is 7.07. The fraction of sp³-hybridized carbons (Fsp3) is 0.118. The van der Waals surface area contributed by atoms with E-state index in [0.717, 1.165) is 15.2 Å². The van der Waals surface area contributed by atoms with Gasteiger partial charge in [-0.3, -0.25) is 9.79 Å². The Morgan fingerprint density at radius 2 is 2.23 bits per heavy atom. The second kappa shape index (κ2) is 7.38. The summed E-state index contributed by atoms with van der Waals surface area (Å²) in [5.41, 5.74) is 7.18. The predicted molar refractivity (Wildman–Crippen MR) is 106 cm³/mol. The molecule has 134 valence electrons. The molecule has 26 heavy (non-hydrogen) atoms. The van der Waals surface area contributed by atoms with Crippen molar-refractivity contribution in [1.82, 2.24) is 4.98 Å². The van der Waals surface area contributed by atoms with E-state index in [0.29, 0.717) is 21.8 Å². The summed E-state index contributed by atoms with van der Waals surface area (Å²) in [4.78, 5) is 20.9. The number of nitrogens with zero attached hydrogens (tertiary/aromatic N) is 2. The zero-order valence-corrected chi connectivity index (χ0v) is 16.2. The lowest BCUT2D eigenvalue weighted by Gasteiger charge is -2.09. The average Bonchev–Trinajstić information content (AvgIpc) is 3.05. The quantitative estimate of drug-likeness (QED) is 0.475. The van der Waals surface area contributed by atoms with Crippen molar-refractivity contribution in [2.75, 3.05) is 25.2 Å². The molecule has 0 aliphatic carbocycles. The Kier molecular flexibility index (Phi) is 5.19. The van der Waals surface area contributed by atoms with Gasteiger partial charge in [0.15, 0.2) is 0 Å². The van der Waals surface area contributed by atoms with Crippen molar-refractivity contribution >= 4 is 61.0 Å². The fourth-order valence-corrected chi connectivity index (χ4v) is 3.76. The van der Waals surface area contributed by atoms with Crippen molar-refractivity contribution in [3.05, 3.63) is 45.7 Å². The number of halogens is 2. The van der Waals surface area contributed by atoms with Gasteiger partial charge in [0, 0.05) is 29.0 Å². The van der Waals surface area contributed by atoms with Crippen LogP contribution in [0, 0.1) is 5.82 Å². The molecule has 0 spiro atoms. The summed E-state index contributed by atoms with van der Waals surface area (Å²) in [6, 6.07) is 6.12. The highest BCUT2D eigenvalue weighted by Crippen LogP contribution is 2.35. The number of benzene rings is 2. The molecule has 2 aromatic carbocycles. The molecule has 3 N–H and O–H groups in total. The lowest BCUT2D eigenvalue weighted by atomic mass is 10.1. The molecule has 3 rings (SSSR count). The Hall–Kier alpha value is -2.52. The molecule has 0 unspecified atom stereocenters. The summed E-state index contributed by atoms with van der Waals surface area (Å²) in [5.74, 6) is -1.05. The number of methoxy groups -OCH3 is 1. The SMILES string of the molecule is CN=Cc1cc(NC(=O)c2ccc(Br)c3sc(OC)nc23)cc(F)c1N. The van der Waals surface area contributed by atoms with Crippen molar-refractivity contribution in [1.29, 1.82) is 0 Å².